The van der Waals surface area contributed by atoms with Crippen LogP contribution >= 0.6 is 11.8 Å². The van der Waals surface area contributed by atoms with E-state index in [0.29, 0.717) is 18.3 Å². The summed E-state index contributed by atoms with van der Waals surface area (Å²) in [5.41, 5.74) is 0. The van der Waals surface area contributed by atoms with Gasteiger partial charge in [-0.1, -0.05) is 0 Å². The summed E-state index contributed by atoms with van der Waals surface area (Å²) < 4.78 is 0. The van der Waals surface area contributed by atoms with Crippen LogP contribution in [0.2, 0.25) is 0 Å². The van der Waals surface area contributed by atoms with Gasteiger partial charge in [-0.25, -0.2) is 0 Å². The lowest BCUT2D eigenvalue weighted by molar-refractivity contribution is -0.146. The van der Waals surface area contributed by atoms with Crippen molar-refractivity contribution in [3.8, 4) is 0 Å². The van der Waals surface area contributed by atoms with E-state index < -0.39 is 5.91 Å². The first-order chi connectivity index (χ1) is 8.70. The predicted molar refractivity (Wildman–Crippen MR) is 72.5 cm³/mol. The highest BCUT2D eigenvalue weighted by Crippen LogP contribution is 2.28. The van der Waals surface area contributed by atoms with Crippen molar-refractivity contribution in [3.05, 3.63) is 0 Å². The molecule has 0 aromatic heterocycles. The van der Waals surface area contributed by atoms with E-state index in [1.165, 1.54) is 0 Å². The van der Waals surface area contributed by atoms with Gasteiger partial charge in [-0.2, -0.15) is 11.8 Å². The number of amides is 2. The Bertz CT molecular complexity index is 318. The van der Waals surface area contributed by atoms with Gasteiger partial charge in [-0.15, -0.1) is 0 Å². The molecular weight excluding hydrogens is 250 g/mol. The summed E-state index contributed by atoms with van der Waals surface area (Å²) in [4.78, 5) is 25.4. The lowest BCUT2D eigenvalue weighted by atomic mass is 10.2. The number of rotatable bonds is 2. The van der Waals surface area contributed by atoms with Gasteiger partial charge in [0, 0.05) is 37.5 Å². The van der Waals surface area contributed by atoms with E-state index in [0.717, 1.165) is 32.4 Å². The monoisotopic (exact) mass is 271 g/mol. The fraction of sp³-hybridized carbons (Fsp3) is 0.833. The van der Waals surface area contributed by atoms with Crippen LogP contribution in [0.25, 0.3) is 0 Å². The van der Waals surface area contributed by atoms with E-state index >= 15 is 0 Å². The standard InChI is InChI=1S/C12H21N3O2S/c1-18-10-3-2-9(8-10)14-11(16)12(17)15-6-4-13-5-7-15/h9-10,13H,2-8H2,1H3,(H,14,16). The Morgan fingerprint density at radius 1 is 1.28 bits per heavy atom. The molecule has 2 rings (SSSR count). The molecule has 102 valence electrons. The molecule has 2 fully saturated rings. The molecule has 1 saturated carbocycles. The number of piperazine rings is 1. The largest absolute Gasteiger partial charge is 0.345 e. The van der Waals surface area contributed by atoms with Crippen LogP contribution in [0.3, 0.4) is 0 Å². The predicted octanol–water partition coefficient (Wildman–Crippen LogP) is -0.181. The smallest absolute Gasteiger partial charge is 0.311 e. The van der Waals surface area contributed by atoms with Crippen molar-refractivity contribution >= 4 is 23.6 Å². The van der Waals surface area contributed by atoms with Crippen molar-refractivity contribution in [2.24, 2.45) is 0 Å². The lowest BCUT2D eigenvalue weighted by Crippen LogP contribution is -2.52. The van der Waals surface area contributed by atoms with Gasteiger partial charge in [-0.05, 0) is 25.5 Å². The Morgan fingerprint density at radius 3 is 2.61 bits per heavy atom. The molecule has 1 aliphatic heterocycles. The van der Waals surface area contributed by atoms with Crippen molar-refractivity contribution in [1.29, 1.82) is 0 Å². The van der Waals surface area contributed by atoms with E-state index in [-0.39, 0.29) is 11.9 Å². The summed E-state index contributed by atoms with van der Waals surface area (Å²) in [5, 5.41) is 6.67. The molecule has 2 unspecified atom stereocenters. The molecule has 0 bridgehead atoms. The van der Waals surface area contributed by atoms with Crippen LogP contribution in [0.15, 0.2) is 0 Å². The van der Waals surface area contributed by atoms with E-state index in [9.17, 15) is 9.59 Å². The molecule has 2 amide bonds. The summed E-state index contributed by atoms with van der Waals surface area (Å²) >= 11 is 1.84. The minimum Gasteiger partial charge on any atom is -0.345 e. The van der Waals surface area contributed by atoms with Gasteiger partial charge < -0.3 is 15.5 Å². The minimum atomic E-state index is -0.427. The van der Waals surface area contributed by atoms with Crippen LogP contribution in [0, 0.1) is 0 Å². The van der Waals surface area contributed by atoms with Crippen LogP contribution in [0.4, 0.5) is 0 Å². The van der Waals surface area contributed by atoms with E-state index in [4.69, 9.17) is 0 Å². The van der Waals surface area contributed by atoms with Crippen LogP contribution in [0.5, 0.6) is 0 Å². The Balaban J connectivity index is 1.78. The summed E-state index contributed by atoms with van der Waals surface area (Å²) in [5.74, 6) is -0.798. The number of hydrogen-bond donors (Lipinski definition) is 2. The SMILES string of the molecule is CSC1CCC(NC(=O)C(=O)N2CCNCC2)C1. The topological polar surface area (TPSA) is 61.4 Å². The van der Waals surface area contributed by atoms with Gasteiger partial charge in [0.15, 0.2) is 0 Å². The van der Waals surface area contributed by atoms with Crippen molar-refractivity contribution in [2.75, 3.05) is 32.4 Å². The second kappa shape index (κ2) is 6.43. The maximum Gasteiger partial charge on any atom is 0.311 e. The number of carbonyl (C=O) groups is 2. The second-order valence-electron chi connectivity index (χ2n) is 4.88. The highest BCUT2D eigenvalue weighted by atomic mass is 32.2. The van der Waals surface area contributed by atoms with Crippen molar-refractivity contribution in [3.63, 3.8) is 0 Å². The van der Waals surface area contributed by atoms with E-state index in [2.05, 4.69) is 16.9 Å². The van der Waals surface area contributed by atoms with Crippen LogP contribution in [-0.2, 0) is 9.59 Å². The average molecular weight is 271 g/mol. The van der Waals surface area contributed by atoms with Crippen molar-refractivity contribution in [1.82, 2.24) is 15.5 Å². The third-order valence-electron chi connectivity index (χ3n) is 3.65. The molecular formula is C12H21N3O2S. The zero-order valence-corrected chi connectivity index (χ0v) is 11.6. The number of thioether (sulfide) groups is 1. The Morgan fingerprint density at radius 2 is 2.00 bits per heavy atom. The van der Waals surface area contributed by atoms with Gasteiger partial charge >= 0.3 is 11.8 Å². The highest BCUT2D eigenvalue weighted by molar-refractivity contribution is 7.99. The number of nitrogens with zero attached hydrogens (tertiary/aromatic N) is 1. The average Bonchev–Trinajstić information content (AvgIpc) is 2.86. The van der Waals surface area contributed by atoms with Gasteiger partial charge in [0.05, 0.1) is 0 Å². The van der Waals surface area contributed by atoms with Gasteiger partial charge in [0.1, 0.15) is 0 Å². The van der Waals surface area contributed by atoms with E-state index in [1.54, 1.807) is 4.90 Å². The first-order valence-corrected chi connectivity index (χ1v) is 7.82. The third-order valence-corrected chi connectivity index (χ3v) is 4.75. The Kier molecular flexibility index (Phi) is 4.88. The maximum atomic E-state index is 11.9. The molecule has 0 aromatic carbocycles. The second-order valence-corrected chi connectivity index (χ2v) is 6.02. The normalized spacial score (nSPS) is 28.2. The number of nitrogens with one attached hydrogen (secondary N) is 2. The molecule has 18 heavy (non-hydrogen) atoms. The molecule has 6 heteroatoms. The van der Waals surface area contributed by atoms with Crippen LogP contribution in [0.1, 0.15) is 19.3 Å². The first-order valence-electron chi connectivity index (χ1n) is 6.54. The molecule has 0 aromatic rings. The lowest BCUT2D eigenvalue weighted by Gasteiger charge is -2.27. The summed E-state index contributed by atoms with van der Waals surface area (Å²) in [6.07, 6.45) is 5.21. The van der Waals surface area contributed by atoms with E-state index in [1.807, 2.05) is 11.8 Å². The molecule has 2 N–H and O–H groups in total. The Labute approximate surface area is 112 Å². The Hall–Kier alpha value is -0.750. The molecule has 2 atom stereocenters. The van der Waals surface area contributed by atoms with Gasteiger partial charge in [0.25, 0.3) is 0 Å². The first kappa shape index (κ1) is 13.7. The van der Waals surface area contributed by atoms with Crippen molar-refractivity contribution < 1.29 is 9.59 Å². The molecule has 0 radical (unpaired) electrons. The molecule has 1 saturated heterocycles. The zero-order valence-electron chi connectivity index (χ0n) is 10.8. The van der Waals surface area contributed by atoms with Crippen LogP contribution < -0.4 is 10.6 Å². The summed E-state index contributed by atoms with van der Waals surface area (Å²) in [6, 6.07) is 0.182. The maximum absolute atomic E-state index is 11.9. The summed E-state index contributed by atoms with van der Waals surface area (Å²) in [6.45, 7) is 2.81. The molecule has 1 aliphatic carbocycles. The highest BCUT2D eigenvalue weighted by Gasteiger charge is 2.29. The fourth-order valence-corrected chi connectivity index (χ4v) is 3.34. The number of carbonyl (C=O) groups excluding carboxylic acids is 2. The quantitative estimate of drug-likeness (QED) is 0.684. The minimum absolute atomic E-state index is 0.182. The zero-order chi connectivity index (χ0) is 13.0. The summed E-state index contributed by atoms with van der Waals surface area (Å²) in [7, 11) is 0. The molecule has 2 aliphatic rings. The fourth-order valence-electron chi connectivity index (χ4n) is 2.54. The number of hydrogen-bond acceptors (Lipinski definition) is 4. The van der Waals surface area contributed by atoms with Gasteiger partial charge in [-0.3, -0.25) is 9.59 Å². The molecule has 1 heterocycles. The van der Waals surface area contributed by atoms with Gasteiger partial charge in [0.2, 0.25) is 0 Å². The van der Waals surface area contributed by atoms with Crippen molar-refractivity contribution in [2.45, 2.75) is 30.6 Å². The molecule has 5 nitrogen and oxygen atoms in total. The van der Waals surface area contributed by atoms with Crippen LogP contribution in [-0.4, -0.2) is 60.4 Å². The third kappa shape index (κ3) is 3.38. The molecule has 0 spiro atoms.